The van der Waals surface area contributed by atoms with Crippen LogP contribution >= 0.6 is 24.0 Å². The van der Waals surface area contributed by atoms with Gasteiger partial charge in [0.15, 0.2) is 17.5 Å². The molecule has 0 saturated carbocycles. The maximum absolute atomic E-state index is 10.3. The van der Waals surface area contributed by atoms with Gasteiger partial charge in [-0.25, -0.2) is 4.99 Å². The highest BCUT2D eigenvalue weighted by molar-refractivity contribution is 14.0. The summed E-state index contributed by atoms with van der Waals surface area (Å²) in [5, 5.41) is 13.6. The molecule has 0 amide bonds. The molecule has 1 aromatic rings. The molecule has 0 bridgehead atoms. The van der Waals surface area contributed by atoms with Crippen LogP contribution in [-0.4, -0.2) is 80.0 Å². The van der Waals surface area contributed by atoms with Gasteiger partial charge in [-0.15, -0.1) is 24.0 Å². The number of rotatable bonds is 5. The number of aromatic hydroxyl groups is 1. The number of aliphatic imine (C=N–C) groups is 1. The number of para-hydroxylation sites is 1. The van der Waals surface area contributed by atoms with Crippen LogP contribution in [0.1, 0.15) is 18.9 Å². The maximum Gasteiger partial charge on any atom is 0.194 e. The number of halogens is 1. The minimum absolute atomic E-state index is 0. The smallest absolute Gasteiger partial charge is 0.194 e. The van der Waals surface area contributed by atoms with Crippen molar-refractivity contribution in [3.05, 3.63) is 23.8 Å². The van der Waals surface area contributed by atoms with Crippen LogP contribution < -0.4 is 10.1 Å². The molecule has 3 rings (SSSR count). The third kappa shape index (κ3) is 5.61. The fourth-order valence-corrected chi connectivity index (χ4v) is 3.62. The van der Waals surface area contributed by atoms with Crippen LogP contribution in [0.2, 0.25) is 0 Å². The van der Waals surface area contributed by atoms with Gasteiger partial charge in [0.2, 0.25) is 0 Å². The van der Waals surface area contributed by atoms with E-state index in [1.807, 2.05) is 12.1 Å². The van der Waals surface area contributed by atoms with Crippen molar-refractivity contribution in [2.24, 2.45) is 4.99 Å². The predicted molar refractivity (Wildman–Crippen MR) is 117 cm³/mol. The normalized spacial score (nSPS) is 21.0. The molecule has 0 aromatic heterocycles. The highest BCUT2D eigenvalue weighted by Gasteiger charge is 2.30. The van der Waals surface area contributed by atoms with Gasteiger partial charge >= 0.3 is 0 Å². The molecule has 1 unspecified atom stereocenters. The zero-order valence-electron chi connectivity index (χ0n) is 16.2. The van der Waals surface area contributed by atoms with E-state index in [0.717, 1.165) is 63.9 Å². The molecule has 152 valence electrons. The third-order valence-corrected chi connectivity index (χ3v) is 5.06. The van der Waals surface area contributed by atoms with Crippen LogP contribution in [0.3, 0.4) is 0 Å². The van der Waals surface area contributed by atoms with Crippen molar-refractivity contribution in [1.29, 1.82) is 0 Å². The number of nitrogens with zero attached hydrogens (tertiary/aromatic N) is 3. The number of methoxy groups -OCH3 is 1. The molecular formula is C19H31IN4O3. The van der Waals surface area contributed by atoms with Crippen molar-refractivity contribution in [3.8, 4) is 11.5 Å². The van der Waals surface area contributed by atoms with Gasteiger partial charge in [0, 0.05) is 44.3 Å². The van der Waals surface area contributed by atoms with Gasteiger partial charge in [0.1, 0.15) is 0 Å². The van der Waals surface area contributed by atoms with Crippen molar-refractivity contribution < 1.29 is 14.6 Å². The van der Waals surface area contributed by atoms with E-state index in [0.29, 0.717) is 18.3 Å². The number of morpholine rings is 1. The number of phenols is 1. The molecular weight excluding hydrogens is 459 g/mol. The quantitative estimate of drug-likeness (QED) is 0.374. The molecule has 1 atom stereocenters. The Balaban J connectivity index is 0.00000261. The molecule has 2 aliphatic rings. The molecule has 8 heteroatoms. The molecule has 2 fully saturated rings. The summed E-state index contributed by atoms with van der Waals surface area (Å²) in [6.07, 6.45) is 1.15. The van der Waals surface area contributed by atoms with Crippen LogP contribution in [0.15, 0.2) is 23.2 Å². The summed E-state index contributed by atoms with van der Waals surface area (Å²) in [5.74, 6) is 1.56. The lowest BCUT2D eigenvalue weighted by Gasteiger charge is -2.32. The Morgan fingerprint density at radius 1 is 1.33 bits per heavy atom. The largest absolute Gasteiger partial charge is 0.504 e. The first-order chi connectivity index (χ1) is 12.7. The molecule has 0 radical (unpaired) electrons. The van der Waals surface area contributed by atoms with Gasteiger partial charge in [-0.3, -0.25) is 4.90 Å². The van der Waals surface area contributed by atoms with Gasteiger partial charge in [-0.1, -0.05) is 12.1 Å². The standard InChI is InChI=1S/C19H30N4O3.HI/c1-3-20-19(21-13-15-5-4-6-17(25-2)18(15)24)23-8-7-16(14-23)22-9-11-26-12-10-22;/h4-6,16,24H,3,7-14H2,1-2H3,(H,20,21);1H. The number of guanidine groups is 1. The van der Waals surface area contributed by atoms with Crippen LogP contribution in [0, 0.1) is 0 Å². The number of phenolic OH excluding ortho intramolecular Hbond substituents is 1. The second kappa shape index (κ2) is 10.9. The van der Waals surface area contributed by atoms with Crippen molar-refractivity contribution in [2.75, 3.05) is 53.0 Å². The van der Waals surface area contributed by atoms with Crippen LogP contribution in [0.4, 0.5) is 0 Å². The Morgan fingerprint density at radius 3 is 2.81 bits per heavy atom. The molecule has 27 heavy (non-hydrogen) atoms. The summed E-state index contributed by atoms with van der Waals surface area (Å²) in [6, 6.07) is 6.07. The van der Waals surface area contributed by atoms with Crippen LogP contribution in [0.25, 0.3) is 0 Å². The van der Waals surface area contributed by atoms with Crippen molar-refractivity contribution in [2.45, 2.75) is 25.9 Å². The number of benzene rings is 1. The van der Waals surface area contributed by atoms with E-state index in [4.69, 9.17) is 14.5 Å². The summed E-state index contributed by atoms with van der Waals surface area (Å²) in [4.78, 5) is 9.60. The number of hydrogen-bond acceptors (Lipinski definition) is 5. The van der Waals surface area contributed by atoms with Gasteiger partial charge in [0.05, 0.1) is 26.9 Å². The van der Waals surface area contributed by atoms with E-state index in [1.165, 1.54) is 0 Å². The number of ether oxygens (including phenoxy) is 2. The lowest BCUT2D eigenvalue weighted by molar-refractivity contribution is 0.0195. The zero-order valence-corrected chi connectivity index (χ0v) is 18.5. The topological polar surface area (TPSA) is 69.6 Å². The van der Waals surface area contributed by atoms with E-state index in [-0.39, 0.29) is 29.7 Å². The molecule has 2 N–H and O–H groups in total. The minimum Gasteiger partial charge on any atom is -0.504 e. The number of hydrogen-bond donors (Lipinski definition) is 2. The second-order valence-electron chi connectivity index (χ2n) is 6.68. The molecule has 2 aliphatic heterocycles. The second-order valence-corrected chi connectivity index (χ2v) is 6.68. The first-order valence-corrected chi connectivity index (χ1v) is 9.42. The highest BCUT2D eigenvalue weighted by atomic mass is 127. The van der Waals surface area contributed by atoms with Gasteiger partial charge < -0.3 is 24.8 Å². The van der Waals surface area contributed by atoms with Gasteiger partial charge in [0.25, 0.3) is 0 Å². The van der Waals surface area contributed by atoms with E-state index in [9.17, 15) is 5.11 Å². The molecule has 1 aromatic carbocycles. The van der Waals surface area contributed by atoms with Crippen molar-refractivity contribution >= 4 is 29.9 Å². The average Bonchev–Trinajstić information content (AvgIpc) is 3.17. The Hall–Kier alpha value is -1.26. The first-order valence-electron chi connectivity index (χ1n) is 9.42. The van der Waals surface area contributed by atoms with Gasteiger partial charge in [-0.05, 0) is 19.4 Å². The monoisotopic (exact) mass is 490 g/mol. The summed E-state index contributed by atoms with van der Waals surface area (Å²) >= 11 is 0. The highest BCUT2D eigenvalue weighted by Crippen LogP contribution is 2.29. The van der Waals surface area contributed by atoms with Crippen molar-refractivity contribution in [1.82, 2.24) is 15.1 Å². The minimum atomic E-state index is 0. The molecule has 0 spiro atoms. The lowest BCUT2D eigenvalue weighted by atomic mass is 10.2. The summed E-state index contributed by atoms with van der Waals surface area (Å²) < 4.78 is 10.6. The number of likely N-dealkylation sites (tertiary alicyclic amines) is 1. The molecule has 7 nitrogen and oxygen atoms in total. The van der Waals surface area contributed by atoms with E-state index < -0.39 is 0 Å². The SMILES string of the molecule is CCNC(=NCc1cccc(OC)c1O)N1CCC(N2CCOCC2)C1.I. The Bertz CT molecular complexity index is 623. The molecule has 2 heterocycles. The predicted octanol–water partition coefficient (Wildman–Crippen LogP) is 1.89. The van der Waals surface area contributed by atoms with E-state index >= 15 is 0 Å². The van der Waals surface area contributed by atoms with E-state index in [1.54, 1.807) is 13.2 Å². The fourth-order valence-electron chi connectivity index (χ4n) is 3.62. The summed E-state index contributed by atoms with van der Waals surface area (Å²) in [7, 11) is 1.56. The summed E-state index contributed by atoms with van der Waals surface area (Å²) in [5.41, 5.74) is 0.767. The van der Waals surface area contributed by atoms with Crippen LogP contribution in [-0.2, 0) is 11.3 Å². The van der Waals surface area contributed by atoms with Gasteiger partial charge in [-0.2, -0.15) is 0 Å². The van der Waals surface area contributed by atoms with E-state index in [2.05, 4.69) is 22.0 Å². The Labute approximate surface area is 178 Å². The molecule has 0 aliphatic carbocycles. The Morgan fingerprint density at radius 2 is 2.11 bits per heavy atom. The molecule has 2 saturated heterocycles. The van der Waals surface area contributed by atoms with Crippen molar-refractivity contribution in [3.63, 3.8) is 0 Å². The maximum atomic E-state index is 10.3. The average molecular weight is 490 g/mol. The lowest BCUT2D eigenvalue weighted by Crippen LogP contribution is -2.46. The summed E-state index contributed by atoms with van der Waals surface area (Å²) in [6.45, 7) is 9.00. The number of nitrogens with one attached hydrogen (secondary N) is 1. The third-order valence-electron chi connectivity index (χ3n) is 5.06. The van der Waals surface area contributed by atoms with Crippen LogP contribution in [0.5, 0.6) is 11.5 Å². The fraction of sp³-hybridized carbons (Fsp3) is 0.632. The Kier molecular flexibility index (Phi) is 8.91. The zero-order chi connectivity index (χ0) is 18.4. The first kappa shape index (κ1) is 22.0.